The number of benzene rings is 3. The Balaban J connectivity index is 1.45. The number of methoxy groups -OCH3 is 1. The lowest BCUT2D eigenvalue weighted by Crippen LogP contribution is -2.27. The quantitative estimate of drug-likeness (QED) is 0.357. The van der Waals surface area contributed by atoms with Crippen LogP contribution in [0.4, 0.5) is 4.79 Å². The van der Waals surface area contributed by atoms with E-state index in [1.165, 1.54) is 48.4 Å². The molecule has 0 saturated carbocycles. The Morgan fingerprint density at radius 1 is 0.879 bits per heavy atom. The molecule has 33 heavy (non-hydrogen) atoms. The molecule has 2 amide bonds. The highest BCUT2D eigenvalue weighted by Gasteiger charge is 2.34. The molecule has 0 aliphatic carbocycles. The summed E-state index contributed by atoms with van der Waals surface area (Å²) < 4.78 is 35.1. The van der Waals surface area contributed by atoms with Gasteiger partial charge in [-0.15, -0.1) is 0 Å². The van der Waals surface area contributed by atoms with Crippen LogP contribution in [0.1, 0.15) is 11.1 Å². The van der Waals surface area contributed by atoms with Gasteiger partial charge in [0.1, 0.15) is 16.4 Å². The Bertz CT molecular complexity index is 1300. The minimum atomic E-state index is -4.01. The average molecular weight is 482 g/mol. The van der Waals surface area contributed by atoms with Crippen molar-refractivity contribution in [3.05, 3.63) is 94.9 Å². The maximum Gasteiger partial charge on any atom is 0.339 e. The van der Waals surface area contributed by atoms with Gasteiger partial charge in [0.2, 0.25) is 0 Å². The van der Waals surface area contributed by atoms with E-state index in [1.807, 2.05) is 30.3 Å². The Hall–Kier alpha value is -3.56. The van der Waals surface area contributed by atoms with E-state index in [2.05, 4.69) is 0 Å². The lowest BCUT2D eigenvalue weighted by Gasteiger charge is -2.12. The van der Waals surface area contributed by atoms with Gasteiger partial charge in [-0.1, -0.05) is 42.5 Å². The van der Waals surface area contributed by atoms with Crippen LogP contribution >= 0.6 is 11.8 Å². The summed E-state index contributed by atoms with van der Waals surface area (Å²) >= 11 is 0.871. The molecule has 0 atom stereocenters. The molecule has 7 nitrogen and oxygen atoms in total. The first-order chi connectivity index (χ1) is 15.9. The Labute approximate surface area is 195 Å². The molecule has 0 unspecified atom stereocenters. The summed E-state index contributed by atoms with van der Waals surface area (Å²) in [6, 6.07) is 21.3. The van der Waals surface area contributed by atoms with Crippen molar-refractivity contribution in [3.63, 3.8) is 0 Å². The number of thioether (sulfide) groups is 1. The Morgan fingerprint density at radius 3 is 2.15 bits per heavy atom. The highest BCUT2D eigenvalue weighted by Crippen LogP contribution is 2.33. The second-order valence-corrected chi connectivity index (χ2v) is 9.57. The molecule has 3 aromatic rings. The third kappa shape index (κ3) is 5.27. The number of carbonyl (C=O) groups excluding carboxylic acids is 2. The summed E-state index contributed by atoms with van der Waals surface area (Å²) in [4.78, 5) is 26.5. The van der Waals surface area contributed by atoms with Crippen molar-refractivity contribution in [1.82, 2.24) is 4.90 Å². The number of hydrogen-bond donors (Lipinski definition) is 0. The van der Waals surface area contributed by atoms with E-state index in [0.29, 0.717) is 16.2 Å². The van der Waals surface area contributed by atoms with Crippen LogP contribution in [0, 0.1) is 0 Å². The van der Waals surface area contributed by atoms with Crippen LogP contribution < -0.4 is 8.92 Å². The molecule has 0 bridgehead atoms. The molecule has 0 aromatic heterocycles. The van der Waals surface area contributed by atoms with Crippen molar-refractivity contribution in [2.45, 2.75) is 11.4 Å². The highest BCUT2D eigenvalue weighted by atomic mass is 32.2. The van der Waals surface area contributed by atoms with E-state index < -0.39 is 10.1 Å². The van der Waals surface area contributed by atoms with Crippen molar-refractivity contribution in [2.24, 2.45) is 0 Å². The molecular weight excluding hydrogens is 462 g/mol. The molecule has 0 radical (unpaired) electrons. The maximum absolute atomic E-state index is 12.7. The van der Waals surface area contributed by atoms with Gasteiger partial charge in [-0.05, 0) is 65.4 Å². The normalized spacial score (nSPS) is 15.2. The first-order valence-electron chi connectivity index (χ1n) is 9.83. The molecule has 1 aliphatic rings. The van der Waals surface area contributed by atoms with Crippen molar-refractivity contribution in [3.8, 4) is 11.5 Å². The second kappa shape index (κ2) is 9.51. The first-order valence-corrected chi connectivity index (χ1v) is 12.1. The van der Waals surface area contributed by atoms with Crippen LogP contribution in [-0.2, 0) is 21.5 Å². The second-order valence-electron chi connectivity index (χ2n) is 7.04. The number of imide groups is 1. The van der Waals surface area contributed by atoms with Gasteiger partial charge in [-0.3, -0.25) is 14.5 Å². The zero-order valence-electron chi connectivity index (χ0n) is 17.5. The number of ether oxygens (including phenoxy) is 1. The smallest absolute Gasteiger partial charge is 0.339 e. The summed E-state index contributed by atoms with van der Waals surface area (Å²) in [7, 11) is -2.52. The molecule has 9 heteroatoms. The Morgan fingerprint density at radius 2 is 1.52 bits per heavy atom. The number of carbonyl (C=O) groups is 2. The van der Waals surface area contributed by atoms with Crippen LogP contribution in [0.2, 0.25) is 0 Å². The Kier molecular flexibility index (Phi) is 6.52. The molecule has 4 rings (SSSR count). The third-order valence-electron chi connectivity index (χ3n) is 4.79. The molecular formula is C24H19NO6S2. The highest BCUT2D eigenvalue weighted by molar-refractivity contribution is 8.18. The summed E-state index contributed by atoms with van der Waals surface area (Å²) in [5.74, 6) is 0.294. The van der Waals surface area contributed by atoms with Crippen LogP contribution in [0.15, 0.2) is 88.7 Å². The van der Waals surface area contributed by atoms with Gasteiger partial charge in [0.25, 0.3) is 11.1 Å². The predicted molar refractivity (Wildman–Crippen MR) is 125 cm³/mol. The fourth-order valence-corrected chi connectivity index (χ4v) is 4.86. The van der Waals surface area contributed by atoms with E-state index in [9.17, 15) is 18.0 Å². The molecule has 3 aromatic carbocycles. The van der Waals surface area contributed by atoms with Crippen LogP contribution in [0.25, 0.3) is 6.08 Å². The zero-order valence-corrected chi connectivity index (χ0v) is 19.1. The zero-order chi connectivity index (χ0) is 23.4. The monoisotopic (exact) mass is 481 g/mol. The van der Waals surface area contributed by atoms with Crippen LogP contribution in [0.3, 0.4) is 0 Å². The van der Waals surface area contributed by atoms with E-state index in [1.54, 1.807) is 18.2 Å². The van der Waals surface area contributed by atoms with Crippen LogP contribution in [-0.4, -0.2) is 31.6 Å². The van der Waals surface area contributed by atoms with E-state index >= 15 is 0 Å². The lowest BCUT2D eigenvalue weighted by atomic mass is 10.2. The van der Waals surface area contributed by atoms with E-state index in [-0.39, 0.29) is 28.3 Å². The van der Waals surface area contributed by atoms with E-state index in [0.717, 1.165) is 17.3 Å². The van der Waals surface area contributed by atoms with Gasteiger partial charge in [0.05, 0.1) is 18.6 Å². The molecule has 0 spiro atoms. The molecule has 0 N–H and O–H groups in total. The van der Waals surface area contributed by atoms with Gasteiger partial charge in [0, 0.05) is 0 Å². The molecule has 1 saturated heterocycles. The van der Waals surface area contributed by atoms with Gasteiger partial charge in [-0.25, -0.2) is 0 Å². The molecule has 1 heterocycles. The summed E-state index contributed by atoms with van der Waals surface area (Å²) in [6.45, 7) is 0.207. The fourth-order valence-electron chi connectivity index (χ4n) is 3.09. The average Bonchev–Trinajstić information content (AvgIpc) is 3.08. The van der Waals surface area contributed by atoms with Crippen molar-refractivity contribution < 1.29 is 26.9 Å². The first kappa shape index (κ1) is 22.6. The molecule has 1 fully saturated rings. The van der Waals surface area contributed by atoms with Gasteiger partial charge in [-0.2, -0.15) is 8.42 Å². The largest absolute Gasteiger partial charge is 0.497 e. The van der Waals surface area contributed by atoms with Crippen molar-refractivity contribution in [1.29, 1.82) is 0 Å². The topological polar surface area (TPSA) is 90.0 Å². The molecule has 1 aliphatic heterocycles. The third-order valence-corrected chi connectivity index (χ3v) is 6.96. The SMILES string of the molecule is COc1ccc(S(=O)(=O)Oc2ccc(/C=C3\SC(=O)N(Cc4ccccc4)C3=O)cc2)cc1. The number of hydrogen-bond acceptors (Lipinski definition) is 7. The van der Waals surface area contributed by atoms with Gasteiger partial charge < -0.3 is 8.92 Å². The van der Waals surface area contributed by atoms with E-state index in [4.69, 9.17) is 8.92 Å². The number of nitrogens with zero attached hydrogens (tertiary/aromatic N) is 1. The van der Waals surface area contributed by atoms with Crippen molar-refractivity contribution in [2.75, 3.05) is 7.11 Å². The predicted octanol–water partition coefficient (Wildman–Crippen LogP) is 4.70. The summed E-state index contributed by atoms with van der Waals surface area (Å²) in [5, 5.41) is -0.333. The number of amides is 2. The summed E-state index contributed by atoms with van der Waals surface area (Å²) in [5.41, 5.74) is 1.50. The number of rotatable bonds is 7. The van der Waals surface area contributed by atoms with Crippen molar-refractivity contribution >= 4 is 39.1 Å². The van der Waals surface area contributed by atoms with Crippen LogP contribution in [0.5, 0.6) is 11.5 Å². The van der Waals surface area contributed by atoms with Gasteiger partial charge >= 0.3 is 10.1 Å². The standard InChI is InChI=1S/C24H19NO6S2/c1-30-19-11-13-21(14-12-19)33(28,29)31-20-9-7-17(8-10-20)15-22-23(26)25(24(27)32-22)16-18-5-3-2-4-6-18/h2-15H,16H2,1H3/b22-15-. The maximum atomic E-state index is 12.7. The minimum Gasteiger partial charge on any atom is -0.497 e. The lowest BCUT2D eigenvalue weighted by molar-refractivity contribution is -0.123. The van der Waals surface area contributed by atoms with Gasteiger partial charge in [0.15, 0.2) is 0 Å². The summed E-state index contributed by atoms with van der Waals surface area (Å²) in [6.07, 6.45) is 1.59. The minimum absolute atomic E-state index is 0.000494. The molecule has 168 valence electrons. The fraction of sp³-hybridized carbons (Fsp3) is 0.0833.